The maximum absolute atomic E-state index is 11.6. The van der Waals surface area contributed by atoms with Gasteiger partial charge in [0, 0.05) is 0 Å². The molecule has 0 saturated carbocycles. The van der Waals surface area contributed by atoms with E-state index in [1.807, 2.05) is 24.3 Å². The minimum absolute atomic E-state index is 0.0418. The van der Waals surface area contributed by atoms with Crippen molar-refractivity contribution in [2.24, 2.45) is 0 Å². The Morgan fingerprint density at radius 1 is 0.739 bits per heavy atom. The fourth-order valence-corrected chi connectivity index (χ4v) is 2.97. The number of hydroxylamine groups is 1. The van der Waals surface area contributed by atoms with E-state index < -0.39 is 5.91 Å². The van der Waals surface area contributed by atoms with Crippen LogP contribution in [-0.2, 0) is 0 Å². The molecule has 0 aliphatic rings. The summed E-state index contributed by atoms with van der Waals surface area (Å²) in [7, 11) is 0. The predicted molar refractivity (Wildman–Crippen MR) is 89.9 cm³/mol. The lowest BCUT2D eigenvalue weighted by Crippen LogP contribution is -2.18. The van der Waals surface area contributed by atoms with Gasteiger partial charge in [0.15, 0.2) is 0 Å². The highest BCUT2D eigenvalue weighted by molar-refractivity contribution is 6.07. The Labute approximate surface area is 131 Å². The van der Waals surface area contributed by atoms with Crippen LogP contribution in [0.2, 0.25) is 0 Å². The van der Waals surface area contributed by atoms with E-state index in [1.165, 1.54) is 6.07 Å². The monoisotopic (exact) mass is 303 g/mol. The summed E-state index contributed by atoms with van der Waals surface area (Å²) in [6, 6.07) is 19.4. The smallest absolute Gasteiger partial charge is 0.278 e. The number of aromatic hydroxyl groups is 1. The third kappa shape index (κ3) is 2.17. The molecular formula is C19H13NO3. The lowest BCUT2D eigenvalue weighted by atomic mass is 9.98. The highest BCUT2D eigenvalue weighted by atomic mass is 16.5. The van der Waals surface area contributed by atoms with Crippen molar-refractivity contribution in [2.45, 2.75) is 0 Å². The summed E-state index contributed by atoms with van der Waals surface area (Å²) < 4.78 is 0. The first kappa shape index (κ1) is 13.5. The molecule has 0 heterocycles. The zero-order chi connectivity index (χ0) is 16.0. The van der Waals surface area contributed by atoms with E-state index in [1.54, 1.807) is 11.5 Å². The van der Waals surface area contributed by atoms with Crippen LogP contribution in [0.5, 0.6) is 5.75 Å². The average molecular weight is 303 g/mol. The van der Waals surface area contributed by atoms with Crippen LogP contribution in [0.1, 0.15) is 10.4 Å². The first-order valence-corrected chi connectivity index (χ1v) is 7.19. The third-order valence-corrected chi connectivity index (χ3v) is 4.12. The molecule has 1 amide bonds. The second kappa shape index (κ2) is 4.97. The largest absolute Gasteiger partial charge is 0.507 e. The second-order valence-electron chi connectivity index (χ2n) is 5.56. The molecule has 0 aliphatic heterocycles. The van der Waals surface area contributed by atoms with Crippen LogP contribution in [0, 0.1) is 0 Å². The SMILES string of the molecule is O=C(NO)c1cc2cc3cc4ccccc4cc3cc2cc1O. The van der Waals surface area contributed by atoms with Crippen LogP contribution in [0.3, 0.4) is 0 Å². The molecule has 4 aromatic carbocycles. The van der Waals surface area contributed by atoms with Crippen molar-refractivity contribution < 1.29 is 15.1 Å². The van der Waals surface area contributed by atoms with Crippen LogP contribution in [-0.4, -0.2) is 16.2 Å². The van der Waals surface area contributed by atoms with E-state index in [0.717, 1.165) is 32.3 Å². The van der Waals surface area contributed by atoms with Crippen molar-refractivity contribution in [1.82, 2.24) is 5.48 Å². The summed E-state index contributed by atoms with van der Waals surface area (Å²) in [6.45, 7) is 0. The molecule has 4 aromatic rings. The van der Waals surface area contributed by atoms with Crippen LogP contribution < -0.4 is 5.48 Å². The van der Waals surface area contributed by atoms with Gasteiger partial charge in [-0.2, -0.15) is 0 Å². The minimum Gasteiger partial charge on any atom is -0.507 e. The molecule has 4 nitrogen and oxygen atoms in total. The molecule has 0 aliphatic carbocycles. The average Bonchev–Trinajstić information content (AvgIpc) is 2.57. The molecular weight excluding hydrogens is 290 g/mol. The van der Waals surface area contributed by atoms with Crippen molar-refractivity contribution in [1.29, 1.82) is 0 Å². The Balaban J connectivity index is 2.04. The van der Waals surface area contributed by atoms with Gasteiger partial charge in [-0.25, -0.2) is 5.48 Å². The molecule has 0 atom stereocenters. The van der Waals surface area contributed by atoms with Gasteiger partial charge >= 0.3 is 0 Å². The van der Waals surface area contributed by atoms with Crippen LogP contribution in [0.15, 0.2) is 60.7 Å². The quantitative estimate of drug-likeness (QED) is 0.283. The lowest BCUT2D eigenvalue weighted by molar-refractivity contribution is 0.0703. The first-order valence-electron chi connectivity index (χ1n) is 7.19. The van der Waals surface area contributed by atoms with E-state index in [2.05, 4.69) is 24.3 Å². The number of phenolic OH excluding ortho intramolecular Hbond substituents is 1. The summed E-state index contributed by atoms with van der Waals surface area (Å²) in [5.41, 5.74) is 1.59. The minimum atomic E-state index is -0.733. The summed E-state index contributed by atoms with van der Waals surface area (Å²) in [5.74, 6) is -0.896. The number of amides is 1. The number of phenols is 1. The number of hydrogen-bond donors (Lipinski definition) is 3. The Kier molecular flexibility index (Phi) is 2.93. The number of hydrogen-bond acceptors (Lipinski definition) is 3. The molecule has 0 radical (unpaired) electrons. The van der Waals surface area contributed by atoms with Crippen LogP contribution in [0.4, 0.5) is 0 Å². The molecule has 4 rings (SSSR count). The van der Waals surface area contributed by atoms with E-state index in [4.69, 9.17) is 5.21 Å². The predicted octanol–water partition coefficient (Wildman–Crippen LogP) is 3.97. The van der Waals surface area contributed by atoms with Crippen molar-refractivity contribution in [3.8, 4) is 5.75 Å². The van der Waals surface area contributed by atoms with Gasteiger partial charge in [0.05, 0.1) is 5.56 Å². The summed E-state index contributed by atoms with van der Waals surface area (Å²) in [6.07, 6.45) is 0. The Hall–Kier alpha value is -3.11. The number of benzene rings is 4. The van der Waals surface area contributed by atoms with E-state index >= 15 is 0 Å². The highest BCUT2D eigenvalue weighted by Crippen LogP contribution is 2.31. The number of fused-ring (bicyclic) bond motifs is 3. The van der Waals surface area contributed by atoms with Gasteiger partial charge in [0.1, 0.15) is 5.75 Å². The topological polar surface area (TPSA) is 69.6 Å². The second-order valence-corrected chi connectivity index (χ2v) is 5.56. The number of nitrogens with one attached hydrogen (secondary N) is 1. The van der Waals surface area contributed by atoms with Gasteiger partial charge in [0.25, 0.3) is 5.91 Å². The normalized spacial score (nSPS) is 11.2. The molecule has 0 unspecified atom stereocenters. The van der Waals surface area contributed by atoms with Gasteiger partial charge in [-0.1, -0.05) is 24.3 Å². The standard InChI is InChI=1S/C19H13NO3/c21-18-10-16-8-14-6-12-4-2-1-3-11(12)5-13(14)7-15(16)9-17(18)19(22)20-23/h1-10,21,23H,(H,20,22). The Bertz CT molecular complexity index is 1090. The van der Waals surface area contributed by atoms with Gasteiger partial charge in [-0.05, 0) is 68.7 Å². The van der Waals surface area contributed by atoms with Crippen molar-refractivity contribution in [3.05, 3.63) is 66.2 Å². The lowest BCUT2D eigenvalue weighted by Gasteiger charge is -2.08. The van der Waals surface area contributed by atoms with Gasteiger partial charge in [-0.15, -0.1) is 0 Å². The van der Waals surface area contributed by atoms with E-state index in [0.29, 0.717) is 0 Å². The fraction of sp³-hybridized carbons (Fsp3) is 0. The molecule has 3 N–H and O–H groups in total. The van der Waals surface area contributed by atoms with Crippen LogP contribution >= 0.6 is 0 Å². The van der Waals surface area contributed by atoms with Crippen molar-refractivity contribution in [2.75, 3.05) is 0 Å². The summed E-state index contributed by atoms with van der Waals surface area (Å²) in [4.78, 5) is 11.6. The zero-order valence-electron chi connectivity index (χ0n) is 12.1. The van der Waals surface area contributed by atoms with Crippen molar-refractivity contribution >= 4 is 38.2 Å². The van der Waals surface area contributed by atoms with E-state index in [9.17, 15) is 9.90 Å². The molecule has 23 heavy (non-hydrogen) atoms. The summed E-state index contributed by atoms with van der Waals surface area (Å²) in [5, 5.41) is 24.8. The number of rotatable bonds is 1. The zero-order valence-corrected chi connectivity index (χ0v) is 12.1. The van der Waals surface area contributed by atoms with Gasteiger partial charge in [-0.3, -0.25) is 10.0 Å². The number of carbonyl (C=O) groups excluding carboxylic acids is 1. The Morgan fingerprint density at radius 2 is 1.22 bits per heavy atom. The summed E-state index contributed by atoms with van der Waals surface area (Å²) >= 11 is 0. The third-order valence-electron chi connectivity index (χ3n) is 4.12. The number of carbonyl (C=O) groups is 1. The Morgan fingerprint density at radius 3 is 1.78 bits per heavy atom. The van der Waals surface area contributed by atoms with Crippen LogP contribution in [0.25, 0.3) is 32.3 Å². The molecule has 0 spiro atoms. The fourth-order valence-electron chi connectivity index (χ4n) is 2.97. The van der Waals surface area contributed by atoms with E-state index in [-0.39, 0.29) is 11.3 Å². The molecule has 112 valence electrons. The maximum atomic E-state index is 11.6. The first-order chi connectivity index (χ1) is 11.2. The van der Waals surface area contributed by atoms with Gasteiger partial charge < -0.3 is 5.11 Å². The molecule has 0 saturated heterocycles. The van der Waals surface area contributed by atoms with Crippen molar-refractivity contribution in [3.63, 3.8) is 0 Å². The highest BCUT2D eigenvalue weighted by Gasteiger charge is 2.12. The molecule has 4 heteroatoms. The molecule has 0 aromatic heterocycles. The molecule has 0 bridgehead atoms. The van der Waals surface area contributed by atoms with Gasteiger partial charge in [0.2, 0.25) is 0 Å². The maximum Gasteiger partial charge on any atom is 0.278 e. The molecule has 0 fully saturated rings.